The van der Waals surface area contributed by atoms with Gasteiger partial charge in [0.2, 0.25) is 5.89 Å². The lowest BCUT2D eigenvalue weighted by Gasteiger charge is -2.22. The second-order valence-corrected chi connectivity index (χ2v) is 10.0. The fraction of sp³-hybridized carbons (Fsp3) is 0.241. The van der Waals surface area contributed by atoms with E-state index in [-0.39, 0.29) is 28.5 Å². The fourth-order valence-electron chi connectivity index (χ4n) is 4.12. The van der Waals surface area contributed by atoms with Crippen LogP contribution in [0.1, 0.15) is 43.4 Å². The molecule has 0 aliphatic heterocycles. The van der Waals surface area contributed by atoms with Gasteiger partial charge in [-0.25, -0.2) is 13.8 Å². The number of halogens is 2. The molecule has 0 amide bonds. The van der Waals surface area contributed by atoms with E-state index >= 15 is 0 Å². The first-order valence-corrected chi connectivity index (χ1v) is 11.4. The summed E-state index contributed by atoms with van der Waals surface area (Å²) in [7, 11) is 0. The van der Waals surface area contributed by atoms with Crippen LogP contribution in [0.4, 0.5) is 8.78 Å². The predicted octanol–water partition coefficient (Wildman–Crippen LogP) is 6.21. The lowest BCUT2D eigenvalue weighted by molar-refractivity contribution is 0.0785. The summed E-state index contributed by atoms with van der Waals surface area (Å²) in [5.74, 6) is -1.28. The Balaban J connectivity index is 1.95. The molecular formula is C29H28F2N2O3. The summed E-state index contributed by atoms with van der Waals surface area (Å²) >= 11 is 0. The first-order valence-electron chi connectivity index (χ1n) is 11.4. The maximum absolute atomic E-state index is 14.8. The lowest BCUT2D eigenvalue weighted by Crippen LogP contribution is -2.21. The smallest absolute Gasteiger partial charge is 0.255 e. The molecule has 0 bridgehead atoms. The van der Waals surface area contributed by atoms with Gasteiger partial charge in [-0.15, -0.1) is 0 Å². The molecule has 0 aliphatic rings. The third-order valence-corrected chi connectivity index (χ3v) is 5.94. The molecule has 2 aromatic carbocycles. The molecule has 7 heteroatoms. The van der Waals surface area contributed by atoms with Gasteiger partial charge in [-0.1, -0.05) is 19.1 Å². The molecule has 2 radical (unpaired) electrons. The number of hydrogen-bond donors (Lipinski definition) is 1. The number of hydrogen-bond acceptors (Lipinski definition) is 4. The van der Waals surface area contributed by atoms with Crippen LogP contribution in [0.2, 0.25) is 0 Å². The molecule has 4 rings (SSSR count). The molecule has 2 aromatic heterocycles. The molecule has 0 atom stereocenters. The summed E-state index contributed by atoms with van der Waals surface area (Å²) in [5.41, 5.74) is 1.45. The van der Waals surface area contributed by atoms with E-state index in [0.717, 1.165) is 28.8 Å². The van der Waals surface area contributed by atoms with Crippen LogP contribution in [-0.4, -0.2) is 14.7 Å². The van der Waals surface area contributed by atoms with Crippen LogP contribution in [0.3, 0.4) is 0 Å². The first kappa shape index (κ1) is 25.5. The third kappa shape index (κ3) is 4.75. The average molecular weight is 491 g/mol. The Bertz CT molecular complexity index is 1500. The summed E-state index contributed by atoms with van der Waals surface area (Å²) < 4.78 is 35.7. The number of nitrogens with zero attached hydrogens (tertiary/aromatic N) is 2. The van der Waals surface area contributed by atoms with Crippen molar-refractivity contribution in [2.45, 2.75) is 45.6 Å². The molecule has 0 fully saturated rings. The van der Waals surface area contributed by atoms with E-state index in [9.17, 15) is 18.7 Å². The van der Waals surface area contributed by atoms with Gasteiger partial charge in [-0.05, 0) is 76.4 Å². The lowest BCUT2D eigenvalue weighted by atomic mass is 9.93. The number of rotatable bonds is 5. The quantitative estimate of drug-likeness (QED) is 0.361. The van der Waals surface area contributed by atoms with Crippen LogP contribution in [0.25, 0.3) is 28.3 Å². The zero-order valence-corrected chi connectivity index (χ0v) is 20.9. The second kappa shape index (κ2) is 8.82. The first-order chi connectivity index (χ1) is 16.7. The summed E-state index contributed by atoms with van der Waals surface area (Å²) in [5, 5.41) is 10.4. The van der Waals surface area contributed by atoms with Crippen LogP contribution in [0, 0.1) is 39.3 Å². The van der Waals surface area contributed by atoms with Gasteiger partial charge in [0.25, 0.3) is 5.56 Å². The highest BCUT2D eigenvalue weighted by molar-refractivity contribution is 5.77. The Morgan fingerprint density at radius 2 is 1.64 bits per heavy atom. The molecular weight excluding hydrogens is 462 g/mol. The van der Waals surface area contributed by atoms with Gasteiger partial charge in [0.05, 0.1) is 16.9 Å². The van der Waals surface area contributed by atoms with Crippen molar-refractivity contribution in [1.29, 1.82) is 0 Å². The number of aliphatic hydroxyl groups is 1. The zero-order valence-electron chi connectivity index (χ0n) is 20.9. The van der Waals surface area contributed by atoms with E-state index in [4.69, 9.17) is 4.42 Å². The molecule has 1 N–H and O–H groups in total. The number of aromatic nitrogens is 2. The summed E-state index contributed by atoms with van der Waals surface area (Å²) in [6.07, 6.45) is 1.61. The number of benzene rings is 2. The molecule has 0 spiro atoms. The van der Waals surface area contributed by atoms with Crippen molar-refractivity contribution in [3.8, 4) is 28.3 Å². The summed E-state index contributed by atoms with van der Waals surface area (Å²) in [6.45, 7) is 16.7. The van der Waals surface area contributed by atoms with Crippen molar-refractivity contribution in [3.63, 3.8) is 0 Å². The Labute approximate surface area is 209 Å². The van der Waals surface area contributed by atoms with Crippen molar-refractivity contribution in [2.75, 3.05) is 0 Å². The Morgan fingerprint density at radius 1 is 1.00 bits per heavy atom. The Kier molecular flexibility index (Phi) is 6.25. The molecule has 0 unspecified atom stereocenters. The van der Waals surface area contributed by atoms with Crippen molar-refractivity contribution >= 4 is 0 Å². The highest BCUT2D eigenvalue weighted by Gasteiger charge is 2.27. The van der Waals surface area contributed by atoms with Gasteiger partial charge in [0.1, 0.15) is 17.3 Å². The number of pyridine rings is 1. The van der Waals surface area contributed by atoms with E-state index in [1.807, 2.05) is 26.0 Å². The maximum Gasteiger partial charge on any atom is 0.255 e. The van der Waals surface area contributed by atoms with Crippen molar-refractivity contribution in [1.82, 2.24) is 9.55 Å². The highest BCUT2D eigenvalue weighted by atomic mass is 19.1. The van der Waals surface area contributed by atoms with Gasteiger partial charge in [0, 0.05) is 29.3 Å². The number of aryl methyl sites for hydroxylation is 2. The SMILES string of the molecule is [CH2]C([CH2])(C)c1nc(-c2ccc(=O)n(-c3c(C)cc(C(C)(C)O)cc3C)c2)c(-c2ccc(F)cc2F)o1. The largest absolute Gasteiger partial charge is 0.439 e. The maximum atomic E-state index is 14.8. The van der Waals surface area contributed by atoms with Crippen LogP contribution >= 0.6 is 0 Å². The highest BCUT2D eigenvalue weighted by Crippen LogP contribution is 2.37. The zero-order chi connectivity index (χ0) is 26.6. The molecule has 5 nitrogen and oxygen atoms in total. The van der Waals surface area contributed by atoms with Gasteiger partial charge < -0.3 is 9.52 Å². The third-order valence-electron chi connectivity index (χ3n) is 5.94. The van der Waals surface area contributed by atoms with Crippen LogP contribution in [-0.2, 0) is 11.0 Å². The van der Waals surface area contributed by atoms with Crippen molar-refractivity contribution in [3.05, 3.63) is 107 Å². The van der Waals surface area contributed by atoms with Crippen molar-refractivity contribution in [2.24, 2.45) is 0 Å². The molecule has 0 aliphatic carbocycles. The molecule has 4 aromatic rings. The Hall–Kier alpha value is -3.58. The van der Waals surface area contributed by atoms with Gasteiger partial charge in [-0.3, -0.25) is 9.36 Å². The monoisotopic (exact) mass is 490 g/mol. The normalized spacial score (nSPS) is 12.3. The molecule has 186 valence electrons. The van der Waals surface area contributed by atoms with Gasteiger partial charge >= 0.3 is 0 Å². The van der Waals surface area contributed by atoms with Crippen molar-refractivity contribution < 1.29 is 18.3 Å². The van der Waals surface area contributed by atoms with E-state index in [2.05, 4.69) is 18.8 Å². The van der Waals surface area contributed by atoms with Crippen LogP contribution in [0.5, 0.6) is 0 Å². The topological polar surface area (TPSA) is 68.3 Å². The predicted molar refractivity (Wildman–Crippen MR) is 136 cm³/mol. The van der Waals surface area contributed by atoms with Gasteiger partial charge in [-0.2, -0.15) is 0 Å². The van der Waals surface area contributed by atoms with E-state index < -0.39 is 22.7 Å². The minimum atomic E-state index is -1.04. The standard InChI is InChI=1S/C29H28F2N2O3/c1-16-12-19(29(6,7)35)13-17(2)25(16)33-15-18(8-11-23(33)34)24-26(36-27(32-24)28(3,4)5)21-10-9-20(30)14-22(21)31/h8-15,35H,3-4H2,1-2,5-7H3. The van der Waals surface area contributed by atoms with E-state index in [1.165, 1.54) is 16.7 Å². The van der Waals surface area contributed by atoms with Gasteiger partial charge in [0.15, 0.2) is 5.76 Å². The minimum Gasteiger partial charge on any atom is -0.439 e. The second-order valence-electron chi connectivity index (χ2n) is 10.0. The van der Waals surface area contributed by atoms with E-state index in [0.29, 0.717) is 11.3 Å². The Morgan fingerprint density at radius 3 is 2.19 bits per heavy atom. The van der Waals surface area contributed by atoms with Crippen LogP contribution in [0.15, 0.2) is 57.9 Å². The molecule has 2 heterocycles. The van der Waals surface area contributed by atoms with Crippen LogP contribution < -0.4 is 5.56 Å². The molecule has 0 saturated heterocycles. The minimum absolute atomic E-state index is 0.0223. The molecule has 36 heavy (non-hydrogen) atoms. The molecule has 0 saturated carbocycles. The number of oxazole rings is 1. The summed E-state index contributed by atoms with van der Waals surface area (Å²) in [6, 6.07) is 9.83. The average Bonchev–Trinajstić information content (AvgIpc) is 3.19. The summed E-state index contributed by atoms with van der Waals surface area (Å²) in [4.78, 5) is 17.5. The van der Waals surface area contributed by atoms with E-state index in [1.54, 1.807) is 33.0 Å². The fourth-order valence-corrected chi connectivity index (χ4v) is 4.12.